The Morgan fingerprint density at radius 3 is 2.43 bits per heavy atom. The predicted octanol–water partition coefficient (Wildman–Crippen LogP) is 3.26. The Bertz CT molecular complexity index is 1020. The molecule has 142 valence electrons. The number of ether oxygens (including phenoxy) is 2. The van der Waals surface area contributed by atoms with Gasteiger partial charge < -0.3 is 19.4 Å². The van der Waals surface area contributed by atoms with Gasteiger partial charge in [0.1, 0.15) is 18.1 Å². The number of hydrogen-bond acceptors (Lipinski definition) is 5. The molecule has 0 aliphatic carbocycles. The second kappa shape index (κ2) is 8.86. The number of rotatable bonds is 8. The monoisotopic (exact) mass is 375 g/mol. The van der Waals surface area contributed by atoms with E-state index in [4.69, 9.17) is 9.47 Å². The lowest BCUT2D eigenvalue weighted by atomic mass is 10.0. The van der Waals surface area contributed by atoms with Crippen molar-refractivity contribution in [3.05, 3.63) is 77.9 Å². The number of aliphatic carboxylic acids is 1. The number of hydrogen-bond donors (Lipinski definition) is 0. The van der Waals surface area contributed by atoms with Crippen LogP contribution in [-0.2, 0) is 4.79 Å². The SMILES string of the molecule is CCOc1ccc2ccccc2c1/C=C/C(=O)c1ccc(OCC(=O)[O-])cc1. The van der Waals surface area contributed by atoms with Crippen molar-refractivity contribution in [3.63, 3.8) is 0 Å². The fourth-order valence-corrected chi connectivity index (χ4v) is 2.84. The highest BCUT2D eigenvalue weighted by Crippen LogP contribution is 2.29. The van der Waals surface area contributed by atoms with Gasteiger partial charge in [-0.1, -0.05) is 30.3 Å². The molecule has 5 nitrogen and oxygen atoms in total. The topological polar surface area (TPSA) is 75.7 Å². The lowest BCUT2D eigenvalue weighted by Crippen LogP contribution is -2.28. The molecule has 5 heteroatoms. The maximum absolute atomic E-state index is 12.5. The summed E-state index contributed by atoms with van der Waals surface area (Å²) in [6, 6.07) is 18.1. The minimum Gasteiger partial charge on any atom is -0.546 e. The molecule has 0 radical (unpaired) electrons. The van der Waals surface area contributed by atoms with Crippen molar-refractivity contribution >= 4 is 28.6 Å². The molecule has 0 unspecified atom stereocenters. The van der Waals surface area contributed by atoms with Gasteiger partial charge in [-0.15, -0.1) is 0 Å². The second-order valence-corrected chi connectivity index (χ2v) is 6.01. The number of fused-ring (bicyclic) bond motifs is 1. The molecule has 0 atom stereocenters. The van der Waals surface area contributed by atoms with Gasteiger partial charge in [0.05, 0.1) is 12.6 Å². The van der Waals surface area contributed by atoms with Crippen molar-refractivity contribution in [2.24, 2.45) is 0 Å². The van der Waals surface area contributed by atoms with E-state index in [-0.39, 0.29) is 5.78 Å². The molecular formula is C23H19O5-. The molecule has 0 aromatic heterocycles. The molecule has 3 aromatic rings. The van der Waals surface area contributed by atoms with Crippen LogP contribution >= 0.6 is 0 Å². The highest BCUT2D eigenvalue weighted by atomic mass is 16.5. The van der Waals surface area contributed by atoms with Crippen molar-refractivity contribution in [2.75, 3.05) is 13.2 Å². The van der Waals surface area contributed by atoms with Gasteiger partial charge in [-0.3, -0.25) is 4.79 Å². The Morgan fingerprint density at radius 1 is 0.964 bits per heavy atom. The molecule has 3 aromatic carbocycles. The molecule has 0 aliphatic heterocycles. The molecule has 0 saturated heterocycles. The summed E-state index contributed by atoms with van der Waals surface area (Å²) >= 11 is 0. The lowest BCUT2D eigenvalue weighted by molar-refractivity contribution is -0.307. The number of ketones is 1. The molecule has 0 bridgehead atoms. The van der Waals surface area contributed by atoms with Crippen LogP contribution in [0, 0.1) is 0 Å². The summed E-state index contributed by atoms with van der Waals surface area (Å²) in [5, 5.41) is 12.5. The fourth-order valence-electron chi connectivity index (χ4n) is 2.84. The van der Waals surface area contributed by atoms with Crippen LogP contribution < -0.4 is 14.6 Å². The van der Waals surface area contributed by atoms with Crippen LogP contribution in [0.1, 0.15) is 22.8 Å². The third kappa shape index (κ3) is 4.57. The van der Waals surface area contributed by atoms with Gasteiger partial charge in [0, 0.05) is 11.1 Å². The highest BCUT2D eigenvalue weighted by molar-refractivity contribution is 6.08. The van der Waals surface area contributed by atoms with Gasteiger partial charge in [-0.25, -0.2) is 0 Å². The minimum atomic E-state index is -1.30. The van der Waals surface area contributed by atoms with E-state index in [9.17, 15) is 14.7 Å². The third-order valence-corrected chi connectivity index (χ3v) is 4.13. The van der Waals surface area contributed by atoms with E-state index < -0.39 is 12.6 Å². The maximum Gasteiger partial charge on any atom is 0.185 e. The molecule has 0 saturated carbocycles. The second-order valence-electron chi connectivity index (χ2n) is 6.01. The maximum atomic E-state index is 12.5. The van der Waals surface area contributed by atoms with E-state index >= 15 is 0 Å². The first kappa shape index (κ1) is 19.2. The first-order valence-corrected chi connectivity index (χ1v) is 8.88. The summed E-state index contributed by atoms with van der Waals surface area (Å²) in [7, 11) is 0. The van der Waals surface area contributed by atoms with Crippen molar-refractivity contribution in [1.82, 2.24) is 0 Å². The number of carbonyl (C=O) groups excluding carboxylic acids is 2. The Balaban J connectivity index is 1.84. The molecule has 0 spiro atoms. The standard InChI is InChI=1S/C23H20O5/c1-2-27-22-14-9-16-5-3-4-6-19(16)20(22)12-13-21(24)17-7-10-18(11-8-17)28-15-23(25)26/h3-14H,2,15H2,1H3,(H,25,26)/p-1/b13-12+. The van der Waals surface area contributed by atoms with Crippen LogP contribution in [0.3, 0.4) is 0 Å². The molecule has 28 heavy (non-hydrogen) atoms. The Kier molecular flexibility index (Phi) is 6.07. The summed E-state index contributed by atoms with van der Waals surface area (Å²) in [6.07, 6.45) is 3.26. The zero-order valence-corrected chi connectivity index (χ0v) is 15.4. The average Bonchev–Trinajstić information content (AvgIpc) is 2.71. The Morgan fingerprint density at radius 2 is 1.71 bits per heavy atom. The van der Waals surface area contributed by atoms with Crippen molar-refractivity contribution < 1.29 is 24.2 Å². The van der Waals surface area contributed by atoms with E-state index in [0.29, 0.717) is 17.9 Å². The average molecular weight is 375 g/mol. The van der Waals surface area contributed by atoms with Crippen molar-refractivity contribution in [2.45, 2.75) is 6.92 Å². The van der Waals surface area contributed by atoms with E-state index in [2.05, 4.69) is 0 Å². The van der Waals surface area contributed by atoms with Crippen molar-refractivity contribution in [3.8, 4) is 11.5 Å². The predicted molar refractivity (Wildman–Crippen MR) is 105 cm³/mol. The summed E-state index contributed by atoms with van der Waals surface area (Å²) < 4.78 is 10.7. The quantitative estimate of drug-likeness (QED) is 0.446. The van der Waals surface area contributed by atoms with E-state index in [1.54, 1.807) is 30.3 Å². The number of carboxylic acids is 1. The first-order valence-electron chi connectivity index (χ1n) is 8.88. The Hall–Kier alpha value is -3.60. The van der Waals surface area contributed by atoms with Gasteiger partial charge >= 0.3 is 0 Å². The molecule has 0 fully saturated rings. The molecule has 0 N–H and O–H groups in total. The van der Waals surface area contributed by atoms with Crippen LogP contribution in [0.5, 0.6) is 11.5 Å². The van der Waals surface area contributed by atoms with Crippen LogP contribution in [0.25, 0.3) is 16.8 Å². The number of allylic oxidation sites excluding steroid dienone is 1. The van der Waals surface area contributed by atoms with Crippen molar-refractivity contribution in [1.29, 1.82) is 0 Å². The van der Waals surface area contributed by atoms with Gasteiger partial charge in [-0.2, -0.15) is 0 Å². The van der Waals surface area contributed by atoms with Crippen LogP contribution in [-0.4, -0.2) is 25.0 Å². The van der Waals surface area contributed by atoms with Crippen LogP contribution in [0.2, 0.25) is 0 Å². The van der Waals surface area contributed by atoms with E-state index in [1.807, 2.05) is 43.3 Å². The van der Waals surface area contributed by atoms with Crippen LogP contribution in [0.15, 0.2) is 66.7 Å². The number of benzene rings is 3. The molecule has 0 amide bonds. The largest absolute Gasteiger partial charge is 0.546 e. The zero-order valence-electron chi connectivity index (χ0n) is 15.4. The van der Waals surface area contributed by atoms with Crippen LogP contribution in [0.4, 0.5) is 0 Å². The number of carboxylic acid groups (broad SMARTS) is 1. The summed E-state index contributed by atoms with van der Waals surface area (Å²) in [6.45, 7) is 1.91. The highest BCUT2D eigenvalue weighted by Gasteiger charge is 2.08. The number of carbonyl (C=O) groups is 2. The normalized spacial score (nSPS) is 10.9. The molecule has 0 heterocycles. The minimum absolute atomic E-state index is 0.179. The van der Waals surface area contributed by atoms with Gasteiger partial charge in [0.15, 0.2) is 5.78 Å². The Labute approximate surface area is 162 Å². The zero-order chi connectivity index (χ0) is 19.9. The smallest absolute Gasteiger partial charge is 0.185 e. The molecular weight excluding hydrogens is 356 g/mol. The van der Waals surface area contributed by atoms with Gasteiger partial charge in [-0.05, 0) is 60.2 Å². The summed E-state index contributed by atoms with van der Waals surface area (Å²) in [5.41, 5.74) is 1.32. The van der Waals surface area contributed by atoms with E-state index in [1.165, 1.54) is 6.08 Å². The molecule has 3 rings (SSSR count). The summed E-state index contributed by atoms with van der Waals surface area (Å²) in [4.78, 5) is 23.0. The lowest BCUT2D eigenvalue weighted by Gasteiger charge is -2.10. The van der Waals surface area contributed by atoms with Gasteiger partial charge in [0.25, 0.3) is 0 Å². The van der Waals surface area contributed by atoms with E-state index in [0.717, 1.165) is 22.1 Å². The summed E-state index contributed by atoms with van der Waals surface area (Å²) in [5.74, 6) is -0.404. The fraction of sp³-hybridized carbons (Fsp3) is 0.130. The first-order chi connectivity index (χ1) is 13.6. The van der Waals surface area contributed by atoms with Gasteiger partial charge in [0.2, 0.25) is 0 Å². The molecule has 0 aliphatic rings. The third-order valence-electron chi connectivity index (χ3n) is 4.13.